The number of halogens is 1. The molecule has 3 heteroatoms. The summed E-state index contributed by atoms with van der Waals surface area (Å²) in [6, 6.07) is 15.1. The Morgan fingerprint density at radius 3 is 2.77 bits per heavy atom. The molecule has 0 radical (unpaired) electrons. The van der Waals surface area contributed by atoms with E-state index in [1.54, 1.807) is 12.1 Å². The number of aromatic nitrogens is 1. The lowest BCUT2D eigenvalue weighted by molar-refractivity contribution is 0.176. The predicted molar refractivity (Wildman–Crippen MR) is 105 cm³/mol. The van der Waals surface area contributed by atoms with Crippen LogP contribution in [0.2, 0.25) is 0 Å². The van der Waals surface area contributed by atoms with Crippen molar-refractivity contribution in [1.82, 2.24) is 4.98 Å². The van der Waals surface area contributed by atoms with Gasteiger partial charge in [-0.2, -0.15) is 0 Å². The molecule has 136 valence electrons. The number of ether oxygens (including phenoxy) is 1. The summed E-state index contributed by atoms with van der Waals surface area (Å²) in [5, 5.41) is 2.28. The number of hydrogen-bond donors (Lipinski definition) is 0. The van der Waals surface area contributed by atoms with Gasteiger partial charge in [0.25, 0.3) is 0 Å². The largest absolute Gasteiger partial charge is 0.490 e. The zero-order valence-electron chi connectivity index (χ0n) is 15.3. The summed E-state index contributed by atoms with van der Waals surface area (Å²) < 4.78 is 19.5. The van der Waals surface area contributed by atoms with Gasteiger partial charge in [0.15, 0.2) is 0 Å². The predicted octanol–water partition coefficient (Wildman–Crippen LogP) is 6.33. The van der Waals surface area contributed by atoms with Gasteiger partial charge in [-0.05, 0) is 79.5 Å². The first-order chi connectivity index (χ1) is 12.7. The number of fused-ring (bicyclic) bond motifs is 1. The molecule has 0 fully saturated rings. The molecule has 1 unspecified atom stereocenters. The van der Waals surface area contributed by atoms with Gasteiger partial charge in [0.05, 0.1) is 6.10 Å². The lowest BCUT2D eigenvalue weighted by atomic mass is 10.0. The minimum absolute atomic E-state index is 0.152. The summed E-state index contributed by atoms with van der Waals surface area (Å²) in [5.74, 6) is 0.772. The first-order valence-electron chi connectivity index (χ1n) is 9.49. The van der Waals surface area contributed by atoms with Crippen molar-refractivity contribution in [3.63, 3.8) is 0 Å². The molecule has 0 aliphatic carbocycles. The maximum Gasteiger partial charge on any atom is 0.123 e. The molecule has 2 aromatic carbocycles. The fourth-order valence-electron chi connectivity index (χ4n) is 3.30. The monoisotopic (exact) mass is 351 g/mol. The van der Waals surface area contributed by atoms with Crippen molar-refractivity contribution in [2.75, 3.05) is 0 Å². The van der Waals surface area contributed by atoms with E-state index in [0.29, 0.717) is 0 Å². The van der Waals surface area contributed by atoms with Crippen LogP contribution in [0.15, 0.2) is 60.9 Å². The second-order valence-electron chi connectivity index (χ2n) is 6.79. The van der Waals surface area contributed by atoms with Crippen molar-refractivity contribution in [2.24, 2.45) is 0 Å². The number of hydrogen-bond acceptors (Lipinski definition) is 2. The third kappa shape index (κ3) is 5.29. The van der Waals surface area contributed by atoms with Crippen molar-refractivity contribution in [2.45, 2.75) is 51.6 Å². The maximum atomic E-state index is 13.2. The quantitative estimate of drug-likeness (QED) is 0.420. The highest BCUT2D eigenvalue weighted by molar-refractivity contribution is 5.82. The number of pyridine rings is 1. The molecular formula is C23H26FNO. The van der Waals surface area contributed by atoms with E-state index in [1.165, 1.54) is 6.07 Å². The molecule has 0 N–H and O–H groups in total. The van der Waals surface area contributed by atoms with E-state index in [1.807, 2.05) is 30.6 Å². The number of nitrogens with zero attached hydrogens (tertiary/aromatic N) is 1. The van der Waals surface area contributed by atoms with E-state index in [4.69, 9.17) is 4.74 Å². The number of unbranched alkanes of at least 4 members (excludes halogenated alkanes) is 1. The minimum Gasteiger partial charge on any atom is -0.490 e. The van der Waals surface area contributed by atoms with Crippen LogP contribution in [0.1, 0.15) is 44.6 Å². The van der Waals surface area contributed by atoms with Crippen molar-refractivity contribution in [1.29, 1.82) is 0 Å². The van der Waals surface area contributed by atoms with Gasteiger partial charge in [0.2, 0.25) is 0 Å². The fraction of sp³-hybridized carbons (Fsp3) is 0.348. The molecule has 0 amide bonds. The van der Waals surface area contributed by atoms with Gasteiger partial charge >= 0.3 is 0 Å². The summed E-state index contributed by atoms with van der Waals surface area (Å²) in [6.45, 7) is 2.19. The Hall–Kier alpha value is -2.42. The highest BCUT2D eigenvalue weighted by Gasteiger charge is 2.10. The van der Waals surface area contributed by atoms with Gasteiger partial charge in [-0.25, -0.2) is 4.39 Å². The molecule has 1 atom stereocenters. The minimum atomic E-state index is -0.152. The lowest BCUT2D eigenvalue weighted by Gasteiger charge is -2.19. The SMILES string of the molecule is CCCC(CCCCc1cccc(F)c1)Oc1ccc2cnccc2c1. The Bertz CT molecular complexity index is 833. The van der Waals surface area contributed by atoms with Crippen LogP contribution in [0.3, 0.4) is 0 Å². The van der Waals surface area contributed by atoms with Crippen LogP contribution in [0.25, 0.3) is 10.8 Å². The molecule has 2 nitrogen and oxygen atoms in total. The molecule has 0 spiro atoms. The molecule has 0 bridgehead atoms. The van der Waals surface area contributed by atoms with Crippen LogP contribution >= 0.6 is 0 Å². The maximum absolute atomic E-state index is 13.2. The highest BCUT2D eigenvalue weighted by atomic mass is 19.1. The summed E-state index contributed by atoms with van der Waals surface area (Å²) in [6.07, 6.45) is 10.1. The zero-order chi connectivity index (χ0) is 18.2. The van der Waals surface area contributed by atoms with Gasteiger partial charge in [-0.15, -0.1) is 0 Å². The van der Waals surface area contributed by atoms with E-state index in [-0.39, 0.29) is 11.9 Å². The summed E-state index contributed by atoms with van der Waals surface area (Å²) in [7, 11) is 0. The van der Waals surface area contributed by atoms with E-state index in [2.05, 4.69) is 24.0 Å². The van der Waals surface area contributed by atoms with Gasteiger partial charge in [-0.3, -0.25) is 4.98 Å². The average molecular weight is 351 g/mol. The van der Waals surface area contributed by atoms with Crippen molar-refractivity contribution >= 4 is 10.8 Å². The topological polar surface area (TPSA) is 22.1 Å². The first kappa shape index (κ1) is 18.4. The first-order valence-corrected chi connectivity index (χ1v) is 9.49. The molecule has 1 heterocycles. The van der Waals surface area contributed by atoms with Crippen LogP contribution in [0.5, 0.6) is 5.75 Å². The van der Waals surface area contributed by atoms with Crippen LogP contribution in [0, 0.1) is 5.82 Å². The Balaban J connectivity index is 1.52. The third-order valence-corrected chi connectivity index (χ3v) is 4.66. The van der Waals surface area contributed by atoms with Gasteiger partial charge < -0.3 is 4.74 Å². The molecule has 0 saturated carbocycles. The smallest absolute Gasteiger partial charge is 0.123 e. The van der Waals surface area contributed by atoms with Crippen LogP contribution < -0.4 is 4.74 Å². The second kappa shape index (κ2) is 9.33. The molecule has 3 aromatic rings. The summed E-state index contributed by atoms with van der Waals surface area (Å²) in [4.78, 5) is 4.15. The van der Waals surface area contributed by atoms with E-state index < -0.39 is 0 Å². The average Bonchev–Trinajstić information content (AvgIpc) is 2.65. The summed E-state index contributed by atoms with van der Waals surface area (Å²) in [5.41, 5.74) is 1.07. The highest BCUT2D eigenvalue weighted by Crippen LogP contribution is 2.23. The van der Waals surface area contributed by atoms with Gasteiger partial charge in [0, 0.05) is 17.8 Å². The van der Waals surface area contributed by atoms with Crippen molar-refractivity contribution < 1.29 is 9.13 Å². The molecule has 0 saturated heterocycles. The number of aryl methyl sites for hydroxylation is 1. The van der Waals surface area contributed by atoms with Crippen LogP contribution in [0.4, 0.5) is 4.39 Å². The normalized spacial score (nSPS) is 12.2. The van der Waals surface area contributed by atoms with Crippen molar-refractivity contribution in [3.05, 3.63) is 72.3 Å². The molecule has 3 rings (SSSR count). The fourth-order valence-corrected chi connectivity index (χ4v) is 3.30. The molecule has 26 heavy (non-hydrogen) atoms. The molecule has 0 aliphatic heterocycles. The van der Waals surface area contributed by atoms with E-state index >= 15 is 0 Å². The zero-order valence-corrected chi connectivity index (χ0v) is 15.3. The van der Waals surface area contributed by atoms with Crippen LogP contribution in [-0.2, 0) is 6.42 Å². The summed E-state index contributed by atoms with van der Waals surface area (Å²) >= 11 is 0. The molecular weight excluding hydrogens is 325 g/mol. The van der Waals surface area contributed by atoms with Crippen molar-refractivity contribution in [3.8, 4) is 5.75 Å². The Morgan fingerprint density at radius 1 is 1.00 bits per heavy atom. The third-order valence-electron chi connectivity index (χ3n) is 4.66. The van der Waals surface area contributed by atoms with Gasteiger partial charge in [-0.1, -0.05) is 25.5 Å². The van der Waals surface area contributed by atoms with E-state index in [0.717, 1.165) is 60.6 Å². The Kier molecular flexibility index (Phi) is 6.59. The molecule has 1 aromatic heterocycles. The Morgan fingerprint density at radius 2 is 1.92 bits per heavy atom. The van der Waals surface area contributed by atoms with E-state index in [9.17, 15) is 4.39 Å². The Labute approximate surface area is 155 Å². The number of benzene rings is 2. The number of rotatable bonds is 9. The van der Waals surface area contributed by atoms with Crippen LogP contribution in [-0.4, -0.2) is 11.1 Å². The molecule has 0 aliphatic rings. The lowest BCUT2D eigenvalue weighted by Crippen LogP contribution is -2.16. The standard InChI is InChI=1S/C23H26FNO/c1-2-6-22(10-4-3-7-18-8-5-9-21(24)15-18)26-23-12-11-20-17-25-14-13-19(20)16-23/h5,8-9,11-17,22H,2-4,6-7,10H2,1H3. The second-order valence-corrected chi connectivity index (χ2v) is 6.79. The van der Waals surface area contributed by atoms with Gasteiger partial charge in [0.1, 0.15) is 11.6 Å².